The second-order valence-electron chi connectivity index (χ2n) is 4.44. The highest BCUT2D eigenvalue weighted by Crippen LogP contribution is 2.05. The molecular formula is C13H24N4O3. The highest BCUT2D eigenvalue weighted by Gasteiger charge is 2.04. The first kappa shape index (κ1) is 16.6. The van der Waals surface area contributed by atoms with E-state index in [1.807, 2.05) is 11.9 Å². The second-order valence-corrected chi connectivity index (χ2v) is 4.44. The van der Waals surface area contributed by atoms with E-state index in [1.165, 1.54) is 4.68 Å². The molecule has 0 bridgehead atoms. The quantitative estimate of drug-likeness (QED) is 0.594. The van der Waals surface area contributed by atoms with Crippen molar-refractivity contribution in [1.29, 1.82) is 0 Å². The van der Waals surface area contributed by atoms with Crippen LogP contribution in [0.3, 0.4) is 0 Å². The van der Waals surface area contributed by atoms with Gasteiger partial charge in [0.25, 0.3) is 5.56 Å². The lowest BCUT2D eigenvalue weighted by molar-refractivity contribution is 0.0675. The molecule has 0 unspecified atom stereocenters. The topological polar surface area (TPSA) is 82.6 Å². The monoisotopic (exact) mass is 284 g/mol. The highest BCUT2D eigenvalue weighted by atomic mass is 16.5. The fourth-order valence-corrected chi connectivity index (χ4v) is 1.68. The maximum absolute atomic E-state index is 11.9. The molecule has 1 heterocycles. The minimum Gasteiger partial charge on any atom is -0.382 e. The summed E-state index contributed by atoms with van der Waals surface area (Å²) in [5.74, 6) is 0. The summed E-state index contributed by atoms with van der Waals surface area (Å²) in [6, 6.07) is 1.58. The summed E-state index contributed by atoms with van der Waals surface area (Å²) in [6.45, 7) is 3.53. The lowest BCUT2D eigenvalue weighted by atomic mass is 10.4. The zero-order valence-corrected chi connectivity index (χ0v) is 12.2. The van der Waals surface area contributed by atoms with Crippen molar-refractivity contribution in [1.82, 2.24) is 9.78 Å². The average molecular weight is 284 g/mol. The number of methoxy groups -OCH3 is 1. The van der Waals surface area contributed by atoms with E-state index in [2.05, 4.69) is 5.10 Å². The van der Waals surface area contributed by atoms with Crippen molar-refractivity contribution >= 4 is 5.69 Å². The van der Waals surface area contributed by atoms with E-state index in [1.54, 1.807) is 19.4 Å². The minimum atomic E-state index is -0.108. The molecule has 0 saturated carbocycles. The molecule has 0 amide bonds. The van der Waals surface area contributed by atoms with E-state index in [4.69, 9.17) is 15.2 Å². The fourth-order valence-electron chi connectivity index (χ4n) is 1.68. The Morgan fingerprint density at radius 3 is 2.85 bits per heavy atom. The first-order valence-electron chi connectivity index (χ1n) is 6.74. The van der Waals surface area contributed by atoms with Crippen LogP contribution in [-0.4, -0.2) is 56.8 Å². The summed E-state index contributed by atoms with van der Waals surface area (Å²) in [4.78, 5) is 13.8. The zero-order valence-electron chi connectivity index (χ0n) is 12.2. The normalized spacial score (nSPS) is 10.8. The Kier molecular flexibility index (Phi) is 7.86. The predicted molar refractivity (Wildman–Crippen MR) is 78.1 cm³/mol. The number of nitrogens with zero attached hydrogens (tertiary/aromatic N) is 3. The third-order valence-corrected chi connectivity index (χ3v) is 2.85. The molecule has 20 heavy (non-hydrogen) atoms. The maximum atomic E-state index is 11.9. The third-order valence-electron chi connectivity index (χ3n) is 2.85. The molecule has 1 rings (SSSR count). The van der Waals surface area contributed by atoms with Gasteiger partial charge in [0.05, 0.1) is 25.1 Å². The van der Waals surface area contributed by atoms with Gasteiger partial charge in [-0.15, -0.1) is 0 Å². The second kappa shape index (κ2) is 9.46. The van der Waals surface area contributed by atoms with Gasteiger partial charge >= 0.3 is 0 Å². The van der Waals surface area contributed by atoms with Gasteiger partial charge in [-0.3, -0.25) is 4.79 Å². The fraction of sp³-hybridized carbons (Fsp3) is 0.692. The molecule has 0 fully saturated rings. The first-order valence-corrected chi connectivity index (χ1v) is 6.74. The molecule has 1 aromatic heterocycles. The smallest absolute Gasteiger partial charge is 0.268 e. The Balaban J connectivity index is 2.42. The van der Waals surface area contributed by atoms with E-state index >= 15 is 0 Å². The van der Waals surface area contributed by atoms with Crippen LogP contribution in [0.5, 0.6) is 0 Å². The minimum absolute atomic E-state index is 0.108. The molecule has 0 spiro atoms. The van der Waals surface area contributed by atoms with Crippen LogP contribution >= 0.6 is 0 Å². The molecule has 0 aliphatic carbocycles. The highest BCUT2D eigenvalue weighted by molar-refractivity contribution is 5.41. The Bertz CT molecular complexity index is 436. The van der Waals surface area contributed by atoms with E-state index in [0.29, 0.717) is 39.5 Å². The van der Waals surface area contributed by atoms with Crippen LogP contribution in [0.1, 0.15) is 6.42 Å². The van der Waals surface area contributed by atoms with Gasteiger partial charge in [0.15, 0.2) is 0 Å². The van der Waals surface area contributed by atoms with Gasteiger partial charge in [-0.05, 0) is 6.42 Å². The van der Waals surface area contributed by atoms with Gasteiger partial charge in [-0.1, -0.05) is 0 Å². The first-order chi connectivity index (χ1) is 9.69. The maximum Gasteiger partial charge on any atom is 0.268 e. The molecule has 0 aromatic carbocycles. The van der Waals surface area contributed by atoms with E-state index in [-0.39, 0.29) is 5.56 Å². The van der Waals surface area contributed by atoms with Crippen LogP contribution in [0.4, 0.5) is 5.69 Å². The summed E-state index contributed by atoms with van der Waals surface area (Å²) in [7, 11) is 3.52. The number of anilines is 1. The number of ether oxygens (including phenoxy) is 2. The van der Waals surface area contributed by atoms with Crippen LogP contribution in [0.15, 0.2) is 17.1 Å². The van der Waals surface area contributed by atoms with Crippen LogP contribution < -0.4 is 16.2 Å². The van der Waals surface area contributed by atoms with Crippen LogP contribution in [0.2, 0.25) is 0 Å². The zero-order chi connectivity index (χ0) is 14.8. The molecule has 0 aliphatic rings. The van der Waals surface area contributed by atoms with Crippen molar-refractivity contribution in [3.8, 4) is 0 Å². The van der Waals surface area contributed by atoms with Crippen molar-refractivity contribution in [3.63, 3.8) is 0 Å². The number of aromatic nitrogens is 2. The van der Waals surface area contributed by atoms with Crippen molar-refractivity contribution in [2.24, 2.45) is 5.73 Å². The Morgan fingerprint density at radius 2 is 2.20 bits per heavy atom. The molecule has 1 aromatic rings. The number of hydrogen-bond acceptors (Lipinski definition) is 6. The van der Waals surface area contributed by atoms with Crippen LogP contribution in [0, 0.1) is 0 Å². The van der Waals surface area contributed by atoms with Gasteiger partial charge in [0.2, 0.25) is 0 Å². The Hall–Kier alpha value is -1.44. The van der Waals surface area contributed by atoms with Gasteiger partial charge in [-0.2, -0.15) is 5.10 Å². The van der Waals surface area contributed by atoms with Gasteiger partial charge in [0.1, 0.15) is 0 Å². The molecule has 0 atom stereocenters. The van der Waals surface area contributed by atoms with Crippen molar-refractivity contribution in [2.45, 2.75) is 13.0 Å². The number of hydrogen-bond donors (Lipinski definition) is 1. The van der Waals surface area contributed by atoms with E-state index in [9.17, 15) is 4.79 Å². The number of rotatable bonds is 10. The Morgan fingerprint density at radius 1 is 1.40 bits per heavy atom. The lowest BCUT2D eigenvalue weighted by Crippen LogP contribution is -2.29. The predicted octanol–water partition coefficient (Wildman–Crippen LogP) is -0.309. The SMILES string of the molecule is COCCOCCCn1ncc(N(C)CCN)cc1=O. The molecule has 0 aliphatic heterocycles. The van der Waals surface area contributed by atoms with Crippen molar-refractivity contribution in [3.05, 3.63) is 22.6 Å². The molecule has 114 valence electrons. The molecule has 0 saturated heterocycles. The van der Waals surface area contributed by atoms with Gasteiger partial charge in [0, 0.05) is 46.5 Å². The summed E-state index contributed by atoms with van der Waals surface area (Å²) >= 11 is 0. The van der Waals surface area contributed by atoms with Crippen LogP contribution in [-0.2, 0) is 16.0 Å². The van der Waals surface area contributed by atoms with E-state index in [0.717, 1.165) is 12.1 Å². The molecule has 7 heteroatoms. The summed E-state index contributed by atoms with van der Waals surface area (Å²) in [5, 5.41) is 4.16. The summed E-state index contributed by atoms with van der Waals surface area (Å²) in [6.07, 6.45) is 2.43. The largest absolute Gasteiger partial charge is 0.382 e. The number of aryl methyl sites for hydroxylation is 1. The van der Waals surface area contributed by atoms with Gasteiger partial charge < -0.3 is 20.1 Å². The standard InChI is InChI=1S/C13H24N4O3/c1-16(6-4-14)12-10-13(18)17(15-11-12)5-3-7-20-9-8-19-2/h10-11H,3-9,14H2,1-2H3. The third kappa shape index (κ3) is 5.68. The lowest BCUT2D eigenvalue weighted by Gasteiger charge is -2.17. The molecule has 7 nitrogen and oxygen atoms in total. The average Bonchev–Trinajstić information content (AvgIpc) is 2.44. The number of likely N-dealkylation sites (N-methyl/N-ethyl adjacent to an activating group) is 1. The van der Waals surface area contributed by atoms with Crippen LogP contribution in [0.25, 0.3) is 0 Å². The molecule has 0 radical (unpaired) electrons. The summed E-state index contributed by atoms with van der Waals surface area (Å²) < 4.78 is 11.7. The number of nitrogens with two attached hydrogens (primary N) is 1. The molecular weight excluding hydrogens is 260 g/mol. The van der Waals surface area contributed by atoms with Gasteiger partial charge in [-0.25, -0.2) is 4.68 Å². The summed E-state index contributed by atoms with van der Waals surface area (Å²) in [5.41, 5.74) is 6.16. The molecule has 2 N–H and O–H groups in total. The van der Waals surface area contributed by atoms with Crippen molar-refractivity contribution < 1.29 is 9.47 Å². The van der Waals surface area contributed by atoms with E-state index < -0.39 is 0 Å². The van der Waals surface area contributed by atoms with Crippen molar-refractivity contribution in [2.75, 3.05) is 52.0 Å². The Labute approximate surface area is 119 Å².